The zero-order valence-electron chi connectivity index (χ0n) is 10.9. The third-order valence-corrected chi connectivity index (χ3v) is 3.49. The molecule has 1 fully saturated rings. The number of amides is 1. The molecule has 1 atom stereocenters. The molecule has 0 radical (unpaired) electrons. The summed E-state index contributed by atoms with van der Waals surface area (Å²) in [6.07, 6.45) is -0.857. The van der Waals surface area contributed by atoms with E-state index in [2.05, 4.69) is 11.0 Å². The summed E-state index contributed by atoms with van der Waals surface area (Å²) in [6, 6.07) is 9.72. The molecule has 1 amide bonds. The predicted octanol–water partition coefficient (Wildman–Crippen LogP) is 1.74. The Kier molecular flexibility index (Phi) is 4.03. The molecule has 0 unspecified atom stereocenters. The quantitative estimate of drug-likeness (QED) is 0.878. The number of carbonyl (C=O) groups is 1. The van der Waals surface area contributed by atoms with E-state index < -0.39 is 6.09 Å². The van der Waals surface area contributed by atoms with Crippen molar-refractivity contribution in [3.8, 4) is 6.07 Å². The second-order valence-electron chi connectivity index (χ2n) is 4.83. The lowest BCUT2D eigenvalue weighted by molar-refractivity contribution is 0.0711. The Morgan fingerprint density at radius 1 is 1.47 bits per heavy atom. The molecular weight excluding hydrogens is 242 g/mol. The summed E-state index contributed by atoms with van der Waals surface area (Å²) >= 11 is 0. The normalized spacial score (nSPS) is 20.0. The maximum absolute atomic E-state index is 11.0. The second kappa shape index (κ2) is 5.72. The number of hydrogen-bond acceptors (Lipinski definition) is 3. The lowest BCUT2D eigenvalue weighted by Gasteiger charge is -2.38. The van der Waals surface area contributed by atoms with E-state index in [1.807, 2.05) is 31.2 Å². The van der Waals surface area contributed by atoms with Crippen LogP contribution in [0.3, 0.4) is 0 Å². The third kappa shape index (κ3) is 3.04. The molecule has 5 heteroatoms. The van der Waals surface area contributed by atoms with Gasteiger partial charge in [-0.05, 0) is 18.6 Å². The van der Waals surface area contributed by atoms with Crippen LogP contribution in [0.15, 0.2) is 24.3 Å². The molecule has 1 aliphatic heterocycles. The fourth-order valence-electron chi connectivity index (χ4n) is 2.47. The van der Waals surface area contributed by atoms with E-state index in [1.165, 1.54) is 4.90 Å². The first-order chi connectivity index (χ1) is 9.11. The maximum atomic E-state index is 11.0. The summed E-state index contributed by atoms with van der Waals surface area (Å²) in [7, 11) is 0. The van der Waals surface area contributed by atoms with Gasteiger partial charge in [0.2, 0.25) is 0 Å². The number of rotatable bonds is 2. The van der Waals surface area contributed by atoms with Gasteiger partial charge in [-0.2, -0.15) is 5.26 Å². The first-order valence-corrected chi connectivity index (χ1v) is 6.31. The summed E-state index contributed by atoms with van der Waals surface area (Å²) in [4.78, 5) is 14.7. The van der Waals surface area contributed by atoms with Crippen LogP contribution in [0.5, 0.6) is 0 Å². The summed E-state index contributed by atoms with van der Waals surface area (Å²) in [6.45, 7) is 4.53. The Hall–Kier alpha value is -2.06. The van der Waals surface area contributed by atoms with Crippen LogP contribution in [0.4, 0.5) is 4.79 Å². The molecule has 0 bridgehead atoms. The molecule has 5 nitrogen and oxygen atoms in total. The average Bonchev–Trinajstić information content (AvgIpc) is 2.39. The van der Waals surface area contributed by atoms with Crippen molar-refractivity contribution < 1.29 is 9.90 Å². The predicted molar refractivity (Wildman–Crippen MR) is 70.6 cm³/mol. The topological polar surface area (TPSA) is 67.6 Å². The number of nitriles is 1. The van der Waals surface area contributed by atoms with Crippen molar-refractivity contribution in [2.24, 2.45) is 0 Å². The van der Waals surface area contributed by atoms with Crippen molar-refractivity contribution >= 4 is 6.09 Å². The number of piperazine rings is 1. The smallest absolute Gasteiger partial charge is 0.407 e. The van der Waals surface area contributed by atoms with Gasteiger partial charge in [0.05, 0.1) is 11.6 Å². The van der Waals surface area contributed by atoms with E-state index in [-0.39, 0.29) is 6.04 Å². The Morgan fingerprint density at radius 2 is 2.21 bits per heavy atom. The van der Waals surface area contributed by atoms with Gasteiger partial charge in [-0.1, -0.05) is 18.2 Å². The standard InChI is InChI=1S/C14H17N3O2/c1-11-9-16(6-7-17(11)14(18)19)10-13-5-3-2-4-12(13)8-15/h2-5,11H,6-7,9-10H2,1H3,(H,18,19)/t11-/m1/s1. The zero-order valence-corrected chi connectivity index (χ0v) is 10.9. The number of hydrogen-bond donors (Lipinski definition) is 1. The minimum absolute atomic E-state index is 0.0134. The van der Waals surface area contributed by atoms with Crippen molar-refractivity contribution in [3.05, 3.63) is 35.4 Å². The third-order valence-electron chi connectivity index (χ3n) is 3.49. The van der Waals surface area contributed by atoms with Crippen molar-refractivity contribution in [1.29, 1.82) is 5.26 Å². The van der Waals surface area contributed by atoms with E-state index in [4.69, 9.17) is 10.4 Å². The van der Waals surface area contributed by atoms with Crippen LogP contribution in [0.25, 0.3) is 0 Å². The van der Waals surface area contributed by atoms with Crippen molar-refractivity contribution in [3.63, 3.8) is 0 Å². The minimum atomic E-state index is -0.857. The van der Waals surface area contributed by atoms with Crippen LogP contribution >= 0.6 is 0 Å². The molecule has 2 rings (SSSR count). The Bertz CT molecular complexity index is 510. The molecule has 1 aromatic rings. The first kappa shape index (κ1) is 13.4. The van der Waals surface area contributed by atoms with Gasteiger partial charge >= 0.3 is 6.09 Å². The molecular formula is C14H17N3O2. The lowest BCUT2D eigenvalue weighted by atomic mass is 10.1. The number of nitrogens with zero attached hydrogens (tertiary/aromatic N) is 3. The van der Waals surface area contributed by atoms with Gasteiger partial charge in [0, 0.05) is 32.2 Å². The van der Waals surface area contributed by atoms with Gasteiger partial charge in [0.25, 0.3) is 0 Å². The molecule has 1 saturated heterocycles. The summed E-state index contributed by atoms with van der Waals surface area (Å²) in [5, 5.41) is 18.1. The zero-order chi connectivity index (χ0) is 13.8. The molecule has 0 saturated carbocycles. The van der Waals surface area contributed by atoms with Crippen molar-refractivity contribution in [2.45, 2.75) is 19.5 Å². The highest BCUT2D eigenvalue weighted by Gasteiger charge is 2.27. The fraction of sp³-hybridized carbons (Fsp3) is 0.429. The Labute approximate surface area is 112 Å². The van der Waals surface area contributed by atoms with E-state index >= 15 is 0 Å². The molecule has 0 aliphatic carbocycles. The summed E-state index contributed by atoms with van der Waals surface area (Å²) in [5.74, 6) is 0. The molecule has 0 spiro atoms. The molecule has 1 N–H and O–H groups in total. The monoisotopic (exact) mass is 259 g/mol. The van der Waals surface area contributed by atoms with Crippen LogP contribution in [0.1, 0.15) is 18.1 Å². The van der Waals surface area contributed by atoms with Gasteiger partial charge in [0.1, 0.15) is 0 Å². The van der Waals surface area contributed by atoms with Gasteiger partial charge in [0.15, 0.2) is 0 Å². The van der Waals surface area contributed by atoms with Crippen molar-refractivity contribution in [2.75, 3.05) is 19.6 Å². The van der Waals surface area contributed by atoms with Gasteiger partial charge < -0.3 is 10.0 Å². The SMILES string of the molecule is C[C@@H]1CN(Cc2ccccc2C#N)CCN1C(=O)O. The number of benzene rings is 1. The Morgan fingerprint density at radius 3 is 2.84 bits per heavy atom. The Balaban J connectivity index is 2.02. The summed E-state index contributed by atoms with van der Waals surface area (Å²) < 4.78 is 0. The lowest BCUT2D eigenvalue weighted by Crippen LogP contribution is -2.53. The summed E-state index contributed by atoms with van der Waals surface area (Å²) in [5.41, 5.74) is 1.69. The molecule has 100 valence electrons. The van der Waals surface area contributed by atoms with E-state index in [0.717, 1.165) is 5.56 Å². The van der Waals surface area contributed by atoms with Crippen LogP contribution < -0.4 is 0 Å². The van der Waals surface area contributed by atoms with Gasteiger partial charge in [-0.3, -0.25) is 4.90 Å². The van der Waals surface area contributed by atoms with Crippen LogP contribution in [0.2, 0.25) is 0 Å². The molecule has 1 aliphatic rings. The first-order valence-electron chi connectivity index (χ1n) is 6.31. The van der Waals surface area contributed by atoms with Gasteiger partial charge in [-0.25, -0.2) is 4.79 Å². The highest BCUT2D eigenvalue weighted by atomic mass is 16.4. The largest absolute Gasteiger partial charge is 0.465 e. The van der Waals surface area contributed by atoms with Gasteiger partial charge in [-0.15, -0.1) is 0 Å². The van der Waals surface area contributed by atoms with E-state index in [0.29, 0.717) is 31.7 Å². The maximum Gasteiger partial charge on any atom is 0.407 e. The van der Waals surface area contributed by atoms with Crippen LogP contribution in [-0.2, 0) is 6.54 Å². The molecule has 1 heterocycles. The second-order valence-corrected chi connectivity index (χ2v) is 4.83. The van der Waals surface area contributed by atoms with Crippen molar-refractivity contribution in [1.82, 2.24) is 9.80 Å². The molecule has 1 aromatic carbocycles. The fourth-order valence-corrected chi connectivity index (χ4v) is 2.47. The van der Waals surface area contributed by atoms with Crippen LogP contribution in [-0.4, -0.2) is 46.7 Å². The average molecular weight is 259 g/mol. The number of carboxylic acid groups (broad SMARTS) is 1. The van der Waals surface area contributed by atoms with E-state index in [9.17, 15) is 4.79 Å². The van der Waals surface area contributed by atoms with Crippen LogP contribution in [0, 0.1) is 11.3 Å². The highest BCUT2D eigenvalue weighted by Crippen LogP contribution is 2.15. The molecule has 19 heavy (non-hydrogen) atoms. The minimum Gasteiger partial charge on any atom is -0.465 e. The molecule has 0 aromatic heterocycles. The van der Waals surface area contributed by atoms with E-state index in [1.54, 1.807) is 0 Å². The highest BCUT2D eigenvalue weighted by molar-refractivity contribution is 5.65.